The zero-order chi connectivity index (χ0) is 15.1. The Balaban J connectivity index is 0.00000400. The molecule has 0 spiro atoms. The molecule has 5 nitrogen and oxygen atoms in total. The molecule has 0 radical (unpaired) electrons. The lowest BCUT2D eigenvalue weighted by molar-refractivity contribution is -0.121. The van der Waals surface area contributed by atoms with Crippen LogP contribution in [0.5, 0.6) is 0 Å². The lowest BCUT2D eigenvalue weighted by Gasteiger charge is -2.09. The van der Waals surface area contributed by atoms with E-state index in [0.29, 0.717) is 18.9 Å². The molecule has 0 atom stereocenters. The van der Waals surface area contributed by atoms with Crippen molar-refractivity contribution in [2.45, 2.75) is 40.2 Å². The van der Waals surface area contributed by atoms with Crippen LogP contribution in [0.15, 0.2) is 23.2 Å². The second kappa shape index (κ2) is 9.59. The summed E-state index contributed by atoms with van der Waals surface area (Å²) in [6, 6.07) is 6.15. The number of benzene rings is 1. The van der Waals surface area contributed by atoms with Crippen LogP contribution in [0.4, 0.5) is 5.69 Å². The number of carbonyl (C=O) groups excluding carboxylic acids is 1. The van der Waals surface area contributed by atoms with Crippen LogP contribution in [0.25, 0.3) is 0 Å². The van der Waals surface area contributed by atoms with Crippen LogP contribution < -0.4 is 16.4 Å². The summed E-state index contributed by atoms with van der Waals surface area (Å²) in [7, 11) is 0. The highest BCUT2D eigenvalue weighted by Crippen LogP contribution is 2.13. The lowest BCUT2D eigenvalue weighted by Crippen LogP contribution is -2.30. The number of rotatable bonds is 5. The Morgan fingerprint density at radius 1 is 1.29 bits per heavy atom. The Morgan fingerprint density at radius 3 is 2.52 bits per heavy atom. The Kier molecular flexibility index (Phi) is 9.00. The molecule has 1 aromatic rings. The van der Waals surface area contributed by atoms with Crippen LogP contribution in [0.2, 0.25) is 0 Å². The second-order valence-corrected chi connectivity index (χ2v) is 5.16. The molecule has 21 heavy (non-hydrogen) atoms. The Morgan fingerprint density at radius 2 is 1.95 bits per heavy atom. The van der Waals surface area contributed by atoms with Crippen molar-refractivity contribution in [3.8, 4) is 0 Å². The summed E-state index contributed by atoms with van der Waals surface area (Å²) in [6.45, 7) is 8.34. The van der Waals surface area contributed by atoms with Gasteiger partial charge in [0, 0.05) is 18.2 Å². The molecule has 0 bridgehead atoms. The normalized spacial score (nSPS) is 11.0. The summed E-state index contributed by atoms with van der Waals surface area (Å²) in [5.74, 6) is 0.313. The summed E-state index contributed by atoms with van der Waals surface area (Å²) in [5.41, 5.74) is 9.12. The summed E-state index contributed by atoms with van der Waals surface area (Å²) >= 11 is 0. The number of hydrogen-bond donors (Lipinski definition) is 3. The molecule has 118 valence electrons. The van der Waals surface area contributed by atoms with Crippen LogP contribution >= 0.6 is 24.0 Å². The van der Waals surface area contributed by atoms with Crippen molar-refractivity contribution in [1.82, 2.24) is 5.32 Å². The van der Waals surface area contributed by atoms with E-state index in [0.717, 1.165) is 5.69 Å². The maximum Gasteiger partial charge on any atom is 0.222 e. The van der Waals surface area contributed by atoms with Crippen molar-refractivity contribution >= 4 is 41.5 Å². The molecule has 0 fully saturated rings. The van der Waals surface area contributed by atoms with Gasteiger partial charge in [-0.3, -0.25) is 9.79 Å². The Hall–Kier alpha value is -1.31. The standard InChI is InChI=1S/C15H24N4O.HI/c1-10(2)18-14(20)7-8-17-15(16)19-13-6-5-11(3)12(4)9-13;/h5-6,9-10H,7-8H2,1-4H3,(H,18,20)(H3,16,17,19);1H. The number of hydrogen-bond acceptors (Lipinski definition) is 2. The van der Waals surface area contributed by atoms with E-state index >= 15 is 0 Å². The second-order valence-electron chi connectivity index (χ2n) is 5.16. The zero-order valence-electron chi connectivity index (χ0n) is 13.1. The van der Waals surface area contributed by atoms with Gasteiger partial charge in [0.25, 0.3) is 0 Å². The van der Waals surface area contributed by atoms with E-state index in [9.17, 15) is 4.79 Å². The van der Waals surface area contributed by atoms with Gasteiger partial charge in [0.2, 0.25) is 5.91 Å². The highest BCUT2D eigenvalue weighted by atomic mass is 127. The number of nitrogens with two attached hydrogens (primary N) is 1. The summed E-state index contributed by atoms with van der Waals surface area (Å²) < 4.78 is 0. The minimum atomic E-state index is -0.0114. The van der Waals surface area contributed by atoms with Crippen molar-refractivity contribution in [2.24, 2.45) is 10.7 Å². The number of amides is 1. The fraction of sp³-hybridized carbons (Fsp3) is 0.467. The number of aliphatic imine (C=N–C) groups is 1. The maximum absolute atomic E-state index is 11.4. The fourth-order valence-electron chi connectivity index (χ4n) is 1.68. The Labute approximate surface area is 143 Å². The van der Waals surface area contributed by atoms with Gasteiger partial charge in [-0.15, -0.1) is 24.0 Å². The first-order chi connectivity index (χ1) is 9.38. The van der Waals surface area contributed by atoms with Crippen LogP contribution in [0.1, 0.15) is 31.4 Å². The van der Waals surface area contributed by atoms with E-state index in [1.807, 2.05) is 39.0 Å². The molecule has 4 N–H and O–H groups in total. The molecule has 0 aliphatic heterocycles. The number of halogens is 1. The van der Waals surface area contributed by atoms with E-state index in [1.54, 1.807) is 0 Å². The van der Waals surface area contributed by atoms with Crippen molar-refractivity contribution < 1.29 is 4.79 Å². The third-order valence-corrected chi connectivity index (χ3v) is 2.85. The highest BCUT2D eigenvalue weighted by Gasteiger charge is 2.02. The maximum atomic E-state index is 11.4. The largest absolute Gasteiger partial charge is 0.370 e. The number of aryl methyl sites for hydroxylation is 2. The number of nitrogens with zero attached hydrogens (tertiary/aromatic N) is 1. The molecule has 0 saturated carbocycles. The van der Waals surface area contributed by atoms with E-state index in [1.165, 1.54) is 11.1 Å². The van der Waals surface area contributed by atoms with E-state index < -0.39 is 0 Å². The van der Waals surface area contributed by atoms with Gasteiger partial charge < -0.3 is 16.4 Å². The minimum absolute atomic E-state index is 0. The van der Waals surface area contributed by atoms with E-state index in [2.05, 4.69) is 22.5 Å². The zero-order valence-corrected chi connectivity index (χ0v) is 15.4. The quantitative estimate of drug-likeness (QED) is 0.401. The molecule has 0 aromatic heterocycles. The van der Waals surface area contributed by atoms with Crippen LogP contribution in [-0.2, 0) is 4.79 Å². The first kappa shape index (κ1) is 19.7. The topological polar surface area (TPSA) is 79.5 Å². The molecular formula is C15H25IN4O. The lowest BCUT2D eigenvalue weighted by atomic mass is 10.1. The van der Waals surface area contributed by atoms with Crippen LogP contribution in [0, 0.1) is 13.8 Å². The first-order valence-corrected chi connectivity index (χ1v) is 6.82. The van der Waals surface area contributed by atoms with E-state index in [4.69, 9.17) is 5.73 Å². The summed E-state index contributed by atoms with van der Waals surface area (Å²) in [5, 5.41) is 5.83. The third kappa shape index (κ3) is 7.89. The molecule has 0 aliphatic rings. The van der Waals surface area contributed by atoms with Gasteiger partial charge in [0.1, 0.15) is 0 Å². The Bertz CT molecular complexity index is 500. The fourth-order valence-corrected chi connectivity index (χ4v) is 1.68. The summed E-state index contributed by atoms with van der Waals surface area (Å²) in [6.07, 6.45) is 0.341. The highest BCUT2D eigenvalue weighted by molar-refractivity contribution is 14.0. The SMILES string of the molecule is Cc1ccc(NC(N)=NCCC(=O)NC(C)C)cc1C.I. The first-order valence-electron chi connectivity index (χ1n) is 6.82. The number of nitrogens with one attached hydrogen (secondary N) is 2. The molecule has 6 heteroatoms. The van der Waals surface area contributed by atoms with Crippen molar-refractivity contribution in [3.05, 3.63) is 29.3 Å². The molecule has 1 aromatic carbocycles. The predicted octanol–water partition coefficient (Wildman–Crippen LogP) is 2.56. The van der Waals surface area contributed by atoms with Gasteiger partial charge in [0.05, 0.1) is 6.54 Å². The number of guanidine groups is 1. The van der Waals surface area contributed by atoms with Crippen molar-refractivity contribution in [2.75, 3.05) is 11.9 Å². The number of anilines is 1. The van der Waals surface area contributed by atoms with Crippen LogP contribution in [-0.4, -0.2) is 24.5 Å². The molecule has 0 unspecified atom stereocenters. The van der Waals surface area contributed by atoms with Gasteiger partial charge >= 0.3 is 0 Å². The molecule has 0 aliphatic carbocycles. The van der Waals surface area contributed by atoms with Crippen molar-refractivity contribution in [3.63, 3.8) is 0 Å². The molecular weight excluding hydrogens is 379 g/mol. The van der Waals surface area contributed by atoms with Gasteiger partial charge in [-0.05, 0) is 51.0 Å². The van der Waals surface area contributed by atoms with Gasteiger partial charge in [0.15, 0.2) is 5.96 Å². The van der Waals surface area contributed by atoms with Crippen LogP contribution in [0.3, 0.4) is 0 Å². The summed E-state index contributed by atoms with van der Waals surface area (Å²) in [4.78, 5) is 15.6. The monoisotopic (exact) mass is 404 g/mol. The average Bonchev–Trinajstić information content (AvgIpc) is 2.33. The van der Waals surface area contributed by atoms with Gasteiger partial charge in [-0.2, -0.15) is 0 Å². The third-order valence-electron chi connectivity index (χ3n) is 2.85. The molecule has 1 amide bonds. The smallest absolute Gasteiger partial charge is 0.222 e. The minimum Gasteiger partial charge on any atom is -0.370 e. The molecule has 1 rings (SSSR count). The van der Waals surface area contributed by atoms with Gasteiger partial charge in [-0.25, -0.2) is 0 Å². The van der Waals surface area contributed by atoms with Crippen molar-refractivity contribution in [1.29, 1.82) is 0 Å². The van der Waals surface area contributed by atoms with Gasteiger partial charge in [-0.1, -0.05) is 6.07 Å². The average molecular weight is 404 g/mol. The predicted molar refractivity (Wildman–Crippen MR) is 99.3 cm³/mol. The molecule has 0 saturated heterocycles. The molecule has 0 heterocycles. The van der Waals surface area contributed by atoms with E-state index in [-0.39, 0.29) is 35.9 Å². The number of carbonyl (C=O) groups is 1.